The first-order valence-electron chi connectivity index (χ1n) is 10.8. The molecule has 0 unspecified atom stereocenters. The zero-order valence-electron chi connectivity index (χ0n) is 18.4. The van der Waals surface area contributed by atoms with Crippen molar-refractivity contribution in [3.05, 3.63) is 76.6 Å². The Morgan fingerprint density at radius 1 is 1.30 bits per heavy atom. The summed E-state index contributed by atoms with van der Waals surface area (Å²) in [5.41, 5.74) is 3.65. The van der Waals surface area contributed by atoms with E-state index in [-0.39, 0.29) is 23.8 Å². The Balaban J connectivity index is 1.50. The lowest BCUT2D eigenvalue weighted by Gasteiger charge is -2.31. The highest BCUT2D eigenvalue weighted by molar-refractivity contribution is 6.26. The fraction of sp³-hybridized carbons (Fsp3) is 0.240. The smallest absolute Gasteiger partial charge is 0.347 e. The molecule has 8 nitrogen and oxygen atoms in total. The number of carbonyl (C=O) groups is 2. The van der Waals surface area contributed by atoms with Crippen molar-refractivity contribution in [3.63, 3.8) is 0 Å². The Labute approximate surface area is 190 Å². The fourth-order valence-corrected chi connectivity index (χ4v) is 4.19. The van der Waals surface area contributed by atoms with E-state index in [0.717, 1.165) is 28.7 Å². The Morgan fingerprint density at radius 2 is 2.18 bits per heavy atom. The molecule has 2 aliphatic rings. The molecule has 0 radical (unpaired) electrons. The molecule has 0 aliphatic carbocycles. The molecule has 0 fully saturated rings. The van der Waals surface area contributed by atoms with Crippen LogP contribution in [0.5, 0.6) is 5.75 Å². The molecule has 8 heteroatoms. The number of aromatic nitrogens is 2. The van der Waals surface area contributed by atoms with Gasteiger partial charge in [-0.25, -0.2) is 9.78 Å². The lowest BCUT2D eigenvalue weighted by molar-refractivity contribution is -0.139. The summed E-state index contributed by atoms with van der Waals surface area (Å²) < 4.78 is 16.5. The second-order valence-corrected chi connectivity index (χ2v) is 7.79. The van der Waals surface area contributed by atoms with Crippen molar-refractivity contribution in [1.29, 1.82) is 0 Å². The molecule has 5 rings (SSSR count). The molecule has 0 spiro atoms. The van der Waals surface area contributed by atoms with Crippen LogP contribution in [0.2, 0.25) is 0 Å². The number of carbonyl (C=O) groups excluding carboxylic acids is 2. The Bertz CT molecular complexity index is 1320. The molecule has 1 N–H and O–H groups in total. The molecule has 3 aromatic rings. The molecule has 33 heavy (non-hydrogen) atoms. The van der Waals surface area contributed by atoms with Crippen LogP contribution in [0, 0.1) is 0 Å². The summed E-state index contributed by atoms with van der Waals surface area (Å²) in [6.45, 7) is 2.97. The average molecular weight is 445 g/mol. The summed E-state index contributed by atoms with van der Waals surface area (Å²) in [5.74, 6) is -0.0360. The Morgan fingerprint density at radius 3 is 3.00 bits per heavy atom. The van der Waals surface area contributed by atoms with Crippen LogP contribution in [0.4, 0.5) is 0 Å². The third-order valence-corrected chi connectivity index (χ3v) is 5.83. The van der Waals surface area contributed by atoms with Gasteiger partial charge in [-0.05, 0) is 54.8 Å². The summed E-state index contributed by atoms with van der Waals surface area (Å²) in [4.78, 5) is 35.2. The van der Waals surface area contributed by atoms with Gasteiger partial charge in [0.1, 0.15) is 11.4 Å². The Hall–Kier alpha value is -4.07. The molecule has 1 aromatic carbocycles. The molecular weight excluding hydrogens is 422 g/mol. The van der Waals surface area contributed by atoms with Crippen LogP contribution in [-0.4, -0.2) is 46.9 Å². The summed E-state index contributed by atoms with van der Waals surface area (Å²) >= 11 is 0. The number of rotatable bonds is 5. The number of aromatic amines is 1. The van der Waals surface area contributed by atoms with Crippen molar-refractivity contribution in [2.75, 3.05) is 20.3 Å². The molecular formula is C25H23N3O5. The van der Waals surface area contributed by atoms with Gasteiger partial charge in [-0.1, -0.05) is 6.07 Å². The second-order valence-electron chi connectivity index (χ2n) is 7.79. The van der Waals surface area contributed by atoms with E-state index < -0.39 is 11.8 Å². The van der Waals surface area contributed by atoms with Crippen molar-refractivity contribution in [3.8, 4) is 5.75 Å². The number of methoxy groups -OCH3 is 1. The maximum absolute atomic E-state index is 13.2. The van der Waals surface area contributed by atoms with Crippen LogP contribution in [0.15, 0.2) is 59.9 Å². The van der Waals surface area contributed by atoms with Crippen molar-refractivity contribution in [2.24, 2.45) is 0 Å². The number of ether oxygens (including phenoxy) is 3. The van der Waals surface area contributed by atoms with Gasteiger partial charge in [-0.3, -0.25) is 4.79 Å². The number of pyridine rings is 1. The molecule has 0 saturated carbocycles. The van der Waals surface area contributed by atoms with Crippen LogP contribution in [0.25, 0.3) is 17.1 Å². The van der Waals surface area contributed by atoms with E-state index in [4.69, 9.17) is 14.2 Å². The van der Waals surface area contributed by atoms with Crippen LogP contribution >= 0.6 is 0 Å². The van der Waals surface area contributed by atoms with Gasteiger partial charge in [0.15, 0.2) is 11.3 Å². The molecule has 4 heterocycles. The van der Waals surface area contributed by atoms with E-state index in [1.165, 1.54) is 5.56 Å². The fourth-order valence-electron chi connectivity index (χ4n) is 4.19. The molecule has 0 amide bonds. The molecule has 2 aromatic heterocycles. The number of benzene rings is 1. The highest BCUT2D eigenvalue weighted by Crippen LogP contribution is 2.34. The predicted octanol–water partition coefficient (Wildman–Crippen LogP) is 3.34. The number of allylic oxidation sites excluding steroid dienone is 1. The largest absolute Gasteiger partial charge is 0.497 e. The average Bonchev–Trinajstić information content (AvgIpc) is 3.40. The third-order valence-electron chi connectivity index (χ3n) is 5.83. The van der Waals surface area contributed by atoms with Crippen molar-refractivity contribution in [1.82, 2.24) is 14.9 Å². The summed E-state index contributed by atoms with van der Waals surface area (Å²) in [6.07, 6.45) is 5.82. The number of hydrogen-bond acceptors (Lipinski definition) is 7. The first-order chi connectivity index (χ1) is 16.1. The topological polar surface area (TPSA) is 93.8 Å². The van der Waals surface area contributed by atoms with E-state index in [1.54, 1.807) is 32.5 Å². The van der Waals surface area contributed by atoms with Gasteiger partial charge in [0.25, 0.3) is 0 Å². The van der Waals surface area contributed by atoms with E-state index >= 15 is 0 Å². The number of hydrogen-bond donors (Lipinski definition) is 1. The van der Waals surface area contributed by atoms with Gasteiger partial charge in [0.2, 0.25) is 11.7 Å². The summed E-state index contributed by atoms with van der Waals surface area (Å²) in [6, 6.07) is 9.65. The molecule has 0 bridgehead atoms. The molecule has 2 aliphatic heterocycles. The summed E-state index contributed by atoms with van der Waals surface area (Å²) in [7, 11) is 1.64. The van der Waals surface area contributed by atoms with E-state index in [2.05, 4.69) is 9.97 Å². The first kappa shape index (κ1) is 20.8. The predicted molar refractivity (Wildman–Crippen MR) is 121 cm³/mol. The van der Waals surface area contributed by atoms with Gasteiger partial charge in [0.05, 0.1) is 13.7 Å². The van der Waals surface area contributed by atoms with E-state index in [0.29, 0.717) is 18.7 Å². The number of esters is 1. The van der Waals surface area contributed by atoms with Crippen molar-refractivity contribution < 1.29 is 23.8 Å². The van der Waals surface area contributed by atoms with E-state index in [9.17, 15) is 9.59 Å². The highest BCUT2D eigenvalue weighted by Gasteiger charge is 2.40. The van der Waals surface area contributed by atoms with Gasteiger partial charge in [0, 0.05) is 36.4 Å². The standard InChI is InChI=1S/C25H23N3O5/c1-3-32-25(30)21-22(29)20(12-17-13-27-23-19(17)5-4-9-26-23)33-24(21)28-10-8-15-11-18(31-2)7-6-16(15)14-28/h4-7,9,11-13H,3,8,10,14H2,1-2H3,(H,26,27). The van der Waals surface area contributed by atoms with Gasteiger partial charge in [-0.2, -0.15) is 0 Å². The minimum atomic E-state index is -0.679. The lowest BCUT2D eigenvalue weighted by Crippen LogP contribution is -2.31. The first-order valence-corrected chi connectivity index (χ1v) is 10.8. The number of Topliss-reactive ketones (excluding diaryl/α,β-unsaturated/α-hetero) is 1. The van der Waals surface area contributed by atoms with Crippen LogP contribution in [-0.2, 0) is 32.0 Å². The number of H-pyrrole nitrogens is 1. The maximum atomic E-state index is 13.2. The number of nitrogens with one attached hydrogen (secondary N) is 1. The van der Waals surface area contributed by atoms with Gasteiger partial charge in [-0.15, -0.1) is 0 Å². The van der Waals surface area contributed by atoms with Crippen LogP contribution in [0.1, 0.15) is 23.6 Å². The summed E-state index contributed by atoms with van der Waals surface area (Å²) in [5, 5.41) is 0.855. The normalized spacial score (nSPS) is 16.8. The number of nitrogens with zero attached hydrogens (tertiary/aromatic N) is 2. The minimum Gasteiger partial charge on any atom is -0.497 e. The zero-order chi connectivity index (χ0) is 22.9. The highest BCUT2D eigenvalue weighted by atomic mass is 16.5. The van der Waals surface area contributed by atoms with E-state index in [1.807, 2.05) is 35.2 Å². The monoisotopic (exact) mass is 445 g/mol. The van der Waals surface area contributed by atoms with Crippen molar-refractivity contribution in [2.45, 2.75) is 19.9 Å². The second kappa shape index (κ2) is 8.46. The van der Waals surface area contributed by atoms with Crippen molar-refractivity contribution >= 4 is 28.9 Å². The van der Waals surface area contributed by atoms with Gasteiger partial charge < -0.3 is 24.1 Å². The number of ketones is 1. The quantitative estimate of drug-likeness (QED) is 0.366. The SMILES string of the molecule is CCOC(=O)C1=C(N2CCc3cc(OC)ccc3C2)OC(=Cc2c[nH]c3ncccc23)C1=O. The Kier molecular flexibility index (Phi) is 5.34. The molecule has 0 atom stereocenters. The van der Waals surface area contributed by atoms with Crippen LogP contribution < -0.4 is 4.74 Å². The van der Waals surface area contributed by atoms with Crippen LogP contribution in [0.3, 0.4) is 0 Å². The number of fused-ring (bicyclic) bond motifs is 2. The zero-order valence-corrected chi connectivity index (χ0v) is 18.4. The molecule has 0 saturated heterocycles. The minimum absolute atomic E-state index is 0.0713. The third kappa shape index (κ3) is 3.73. The maximum Gasteiger partial charge on any atom is 0.347 e. The van der Waals surface area contributed by atoms with Gasteiger partial charge >= 0.3 is 5.97 Å². The lowest BCUT2D eigenvalue weighted by atomic mass is 9.99. The molecule has 168 valence electrons.